The lowest BCUT2D eigenvalue weighted by atomic mass is 10.0. The largest absolute Gasteiger partial charge is 0.309 e. The minimum Gasteiger partial charge on any atom is -0.309 e. The van der Waals surface area contributed by atoms with Crippen LogP contribution < -0.4 is 0 Å². The Kier molecular flexibility index (Phi) is 4.49. The molecule has 0 aliphatic rings. The molecule has 0 saturated carbocycles. The summed E-state index contributed by atoms with van der Waals surface area (Å²) in [5, 5.41) is 4.89. The van der Waals surface area contributed by atoms with Crippen molar-refractivity contribution in [1.29, 1.82) is 0 Å². The highest BCUT2D eigenvalue weighted by molar-refractivity contribution is 6.12. The third-order valence-electron chi connectivity index (χ3n) is 7.45. The van der Waals surface area contributed by atoms with Crippen LogP contribution in [-0.4, -0.2) is 19.1 Å². The van der Waals surface area contributed by atoms with E-state index in [4.69, 9.17) is 0 Å². The Morgan fingerprint density at radius 2 is 0.895 bits per heavy atom. The second-order valence-electron chi connectivity index (χ2n) is 9.55. The zero-order valence-corrected chi connectivity index (χ0v) is 20.5. The lowest BCUT2D eigenvalue weighted by Crippen LogP contribution is -1.99. The molecule has 4 nitrogen and oxygen atoms in total. The molecule has 5 aromatic carbocycles. The van der Waals surface area contributed by atoms with Gasteiger partial charge in [-0.15, -0.1) is 0 Å². The van der Waals surface area contributed by atoms with Gasteiger partial charge >= 0.3 is 0 Å². The van der Waals surface area contributed by atoms with Gasteiger partial charge in [-0.2, -0.15) is 0 Å². The summed E-state index contributed by atoms with van der Waals surface area (Å²) in [6.45, 7) is 0. The monoisotopic (exact) mass is 486 g/mol. The maximum absolute atomic E-state index is 4.54. The summed E-state index contributed by atoms with van der Waals surface area (Å²) in [7, 11) is 0. The van der Waals surface area contributed by atoms with Crippen LogP contribution >= 0.6 is 0 Å². The summed E-state index contributed by atoms with van der Waals surface area (Å²) in [4.78, 5) is 9.08. The van der Waals surface area contributed by atoms with Crippen LogP contribution in [0.5, 0.6) is 0 Å². The van der Waals surface area contributed by atoms with E-state index in [-0.39, 0.29) is 0 Å². The fraction of sp³-hybridized carbons (Fsp3) is 0. The number of rotatable bonds is 3. The molecule has 0 saturated heterocycles. The Morgan fingerprint density at radius 1 is 0.395 bits per heavy atom. The van der Waals surface area contributed by atoms with E-state index in [9.17, 15) is 0 Å². The van der Waals surface area contributed by atoms with Crippen molar-refractivity contribution < 1.29 is 0 Å². The van der Waals surface area contributed by atoms with Gasteiger partial charge in [0.05, 0.1) is 22.1 Å². The van der Waals surface area contributed by atoms with Crippen molar-refractivity contribution in [2.45, 2.75) is 0 Å². The van der Waals surface area contributed by atoms with Crippen LogP contribution in [-0.2, 0) is 0 Å². The van der Waals surface area contributed by atoms with E-state index in [1.54, 1.807) is 12.4 Å². The molecular formula is C34H22N4. The number of hydrogen-bond acceptors (Lipinski definition) is 2. The van der Waals surface area contributed by atoms with Crippen molar-refractivity contribution in [2.75, 3.05) is 0 Å². The van der Waals surface area contributed by atoms with Gasteiger partial charge in [0.2, 0.25) is 5.95 Å². The second-order valence-corrected chi connectivity index (χ2v) is 9.55. The lowest BCUT2D eigenvalue weighted by molar-refractivity contribution is 0.988. The van der Waals surface area contributed by atoms with E-state index in [1.807, 2.05) is 6.07 Å². The van der Waals surface area contributed by atoms with Crippen molar-refractivity contribution >= 4 is 43.6 Å². The molecule has 8 aromatic rings. The average Bonchev–Trinajstić information content (AvgIpc) is 3.50. The molecule has 0 aliphatic carbocycles. The molecule has 0 atom stereocenters. The van der Waals surface area contributed by atoms with Gasteiger partial charge in [0.25, 0.3) is 0 Å². The van der Waals surface area contributed by atoms with Crippen molar-refractivity contribution in [3.8, 4) is 22.8 Å². The summed E-state index contributed by atoms with van der Waals surface area (Å²) in [6, 6.07) is 43.1. The fourth-order valence-corrected chi connectivity index (χ4v) is 5.78. The van der Waals surface area contributed by atoms with Gasteiger partial charge in [-0.3, -0.25) is 4.57 Å². The van der Waals surface area contributed by atoms with Gasteiger partial charge in [0.1, 0.15) is 0 Å². The molecule has 0 radical (unpaired) electrons. The Bertz CT molecular complexity index is 1960. The molecule has 0 N–H and O–H groups in total. The molecule has 0 aliphatic heterocycles. The Balaban J connectivity index is 1.36. The van der Waals surface area contributed by atoms with Gasteiger partial charge in [0, 0.05) is 39.6 Å². The number of benzene rings is 5. The zero-order valence-electron chi connectivity index (χ0n) is 20.5. The highest BCUT2D eigenvalue weighted by Gasteiger charge is 2.16. The Labute approximate surface area is 219 Å². The van der Waals surface area contributed by atoms with Gasteiger partial charge in [-0.05, 0) is 65.7 Å². The van der Waals surface area contributed by atoms with Crippen LogP contribution in [0.15, 0.2) is 134 Å². The maximum atomic E-state index is 4.54. The molecular weight excluding hydrogens is 464 g/mol. The first-order chi connectivity index (χ1) is 18.9. The van der Waals surface area contributed by atoms with Crippen LogP contribution in [0.2, 0.25) is 0 Å². The normalized spacial score (nSPS) is 11.7. The standard InChI is InChI=1S/C34H22N4/c1-2-9-25(10-3-1)37-30-13-6-4-11-26(30)28-21-23(15-17-32(28)37)24-16-18-33-29(22-24)27-12-5-7-14-31(27)38(33)34-35-19-8-20-36-34/h1-22H. The van der Waals surface area contributed by atoms with E-state index < -0.39 is 0 Å². The summed E-state index contributed by atoms with van der Waals surface area (Å²) in [6.07, 6.45) is 3.58. The van der Waals surface area contributed by atoms with E-state index in [0.717, 1.165) is 11.0 Å². The summed E-state index contributed by atoms with van der Waals surface area (Å²) in [5.74, 6) is 0.682. The molecule has 3 aromatic heterocycles. The molecule has 0 fully saturated rings. The van der Waals surface area contributed by atoms with Gasteiger partial charge in [-0.25, -0.2) is 9.97 Å². The number of fused-ring (bicyclic) bond motifs is 6. The number of hydrogen-bond donors (Lipinski definition) is 0. The molecule has 3 heterocycles. The van der Waals surface area contributed by atoms with Crippen molar-refractivity contribution in [3.05, 3.63) is 134 Å². The third kappa shape index (κ3) is 3.04. The quantitative estimate of drug-likeness (QED) is 0.252. The first kappa shape index (κ1) is 20.9. The van der Waals surface area contributed by atoms with Crippen LogP contribution in [0, 0.1) is 0 Å². The fourth-order valence-electron chi connectivity index (χ4n) is 5.78. The highest BCUT2D eigenvalue weighted by Crippen LogP contribution is 2.37. The molecule has 0 bridgehead atoms. The van der Waals surface area contributed by atoms with Gasteiger partial charge < -0.3 is 4.57 Å². The van der Waals surface area contributed by atoms with Crippen LogP contribution in [0.3, 0.4) is 0 Å². The Morgan fingerprint density at radius 3 is 1.53 bits per heavy atom. The molecule has 0 spiro atoms. The molecule has 0 amide bonds. The van der Waals surface area contributed by atoms with E-state index in [2.05, 4.69) is 134 Å². The minimum absolute atomic E-state index is 0.682. The van der Waals surface area contributed by atoms with Crippen molar-refractivity contribution in [2.24, 2.45) is 0 Å². The molecule has 38 heavy (non-hydrogen) atoms. The minimum atomic E-state index is 0.682. The van der Waals surface area contributed by atoms with Crippen molar-refractivity contribution in [1.82, 2.24) is 19.1 Å². The van der Waals surface area contributed by atoms with Gasteiger partial charge in [-0.1, -0.05) is 66.7 Å². The Hall–Kier alpha value is -5.22. The molecule has 0 unspecified atom stereocenters. The highest BCUT2D eigenvalue weighted by atomic mass is 15.1. The SMILES string of the molecule is c1ccc(-n2c3ccccc3c3cc(-c4ccc5c(c4)c4ccccc4n5-c4ncccn4)ccc32)cc1. The molecule has 8 rings (SSSR count). The zero-order chi connectivity index (χ0) is 25.1. The third-order valence-corrected chi connectivity index (χ3v) is 7.45. The number of para-hydroxylation sites is 3. The van der Waals surface area contributed by atoms with Crippen LogP contribution in [0.4, 0.5) is 0 Å². The summed E-state index contributed by atoms with van der Waals surface area (Å²) in [5.41, 5.74) is 8.18. The smallest absolute Gasteiger partial charge is 0.234 e. The summed E-state index contributed by atoms with van der Waals surface area (Å²) < 4.78 is 4.50. The van der Waals surface area contributed by atoms with E-state index in [0.29, 0.717) is 5.95 Å². The molecule has 4 heteroatoms. The van der Waals surface area contributed by atoms with Crippen LogP contribution in [0.1, 0.15) is 0 Å². The van der Waals surface area contributed by atoms with Crippen LogP contribution in [0.25, 0.3) is 66.4 Å². The van der Waals surface area contributed by atoms with Crippen molar-refractivity contribution in [3.63, 3.8) is 0 Å². The number of nitrogens with zero attached hydrogens (tertiary/aromatic N) is 4. The number of aromatic nitrogens is 4. The lowest BCUT2D eigenvalue weighted by Gasteiger charge is -2.08. The summed E-state index contributed by atoms with van der Waals surface area (Å²) >= 11 is 0. The van der Waals surface area contributed by atoms with Gasteiger partial charge in [0.15, 0.2) is 0 Å². The predicted molar refractivity (Wildman–Crippen MR) is 156 cm³/mol. The van der Waals surface area contributed by atoms with E-state index in [1.165, 1.54) is 49.4 Å². The second kappa shape index (κ2) is 8.15. The maximum Gasteiger partial charge on any atom is 0.234 e. The first-order valence-corrected chi connectivity index (χ1v) is 12.8. The topological polar surface area (TPSA) is 35.6 Å². The first-order valence-electron chi connectivity index (χ1n) is 12.8. The predicted octanol–water partition coefficient (Wildman–Crippen LogP) is 8.34. The molecule has 178 valence electrons. The van der Waals surface area contributed by atoms with E-state index >= 15 is 0 Å². The average molecular weight is 487 g/mol.